The van der Waals surface area contributed by atoms with Gasteiger partial charge in [-0.3, -0.25) is 9.59 Å². The van der Waals surface area contributed by atoms with Crippen LogP contribution >= 0.6 is 11.6 Å². The SMILES string of the molecule is C[N+]1(CC(=O)Nc2ccccc2Cl)CCN(C(=O)/C=C/c2ccc(F)cc2)CC1.[Cl-]. The molecule has 2 amide bonds. The van der Waals surface area contributed by atoms with E-state index in [0.29, 0.717) is 47.9 Å². The average Bonchev–Trinajstić information content (AvgIpc) is 2.69. The average molecular weight is 452 g/mol. The number of rotatable bonds is 5. The Morgan fingerprint density at radius 2 is 1.77 bits per heavy atom. The van der Waals surface area contributed by atoms with Crippen molar-refractivity contribution in [1.29, 1.82) is 0 Å². The third kappa shape index (κ3) is 6.55. The van der Waals surface area contributed by atoms with Crippen LogP contribution in [-0.2, 0) is 9.59 Å². The van der Waals surface area contributed by atoms with E-state index in [-0.39, 0.29) is 30.0 Å². The molecule has 0 unspecified atom stereocenters. The molecule has 160 valence electrons. The molecule has 1 fully saturated rings. The predicted octanol–water partition coefficient (Wildman–Crippen LogP) is 0.424. The molecular weight excluding hydrogens is 428 g/mol. The molecule has 0 spiro atoms. The minimum Gasteiger partial charge on any atom is -1.00 e. The molecule has 8 heteroatoms. The maximum absolute atomic E-state index is 12.9. The third-order valence-corrected chi connectivity index (χ3v) is 5.42. The van der Waals surface area contributed by atoms with Gasteiger partial charge in [0.1, 0.15) is 5.82 Å². The Bertz CT molecular complexity index is 911. The van der Waals surface area contributed by atoms with E-state index >= 15 is 0 Å². The first kappa shape index (κ1) is 23.9. The van der Waals surface area contributed by atoms with Crippen LogP contribution in [0, 0.1) is 5.82 Å². The minimum atomic E-state index is -0.305. The Morgan fingerprint density at radius 3 is 2.40 bits per heavy atom. The van der Waals surface area contributed by atoms with Gasteiger partial charge in [-0.15, -0.1) is 0 Å². The summed E-state index contributed by atoms with van der Waals surface area (Å²) < 4.78 is 13.5. The molecule has 1 aliphatic rings. The molecule has 2 aromatic rings. The second-order valence-electron chi connectivity index (χ2n) is 7.46. The van der Waals surface area contributed by atoms with Crippen molar-refractivity contribution in [3.05, 3.63) is 71.0 Å². The van der Waals surface area contributed by atoms with Crippen LogP contribution in [0.15, 0.2) is 54.6 Å². The summed E-state index contributed by atoms with van der Waals surface area (Å²) >= 11 is 6.09. The number of quaternary nitrogens is 1. The highest BCUT2D eigenvalue weighted by Gasteiger charge is 2.32. The summed E-state index contributed by atoms with van der Waals surface area (Å²) in [5.74, 6) is -0.488. The van der Waals surface area contributed by atoms with Crippen molar-refractivity contribution >= 4 is 35.2 Å². The lowest BCUT2D eigenvalue weighted by Gasteiger charge is -2.41. The summed E-state index contributed by atoms with van der Waals surface area (Å²) in [7, 11) is 2.02. The number of carbonyl (C=O) groups excluding carboxylic acids is 2. The Labute approximate surface area is 187 Å². The van der Waals surface area contributed by atoms with Gasteiger partial charge in [0.25, 0.3) is 5.91 Å². The number of piperazine rings is 1. The van der Waals surface area contributed by atoms with E-state index in [9.17, 15) is 14.0 Å². The van der Waals surface area contributed by atoms with Crippen molar-refractivity contribution in [2.24, 2.45) is 0 Å². The van der Waals surface area contributed by atoms with Gasteiger partial charge < -0.3 is 27.1 Å². The highest BCUT2D eigenvalue weighted by atomic mass is 35.5. The van der Waals surface area contributed by atoms with Gasteiger partial charge in [-0.25, -0.2) is 4.39 Å². The molecule has 2 aromatic carbocycles. The van der Waals surface area contributed by atoms with Crippen LogP contribution in [0.5, 0.6) is 0 Å². The molecule has 0 aromatic heterocycles. The van der Waals surface area contributed by atoms with Crippen molar-refractivity contribution in [3.63, 3.8) is 0 Å². The van der Waals surface area contributed by atoms with Crippen LogP contribution in [-0.4, -0.2) is 61.0 Å². The second-order valence-corrected chi connectivity index (χ2v) is 7.87. The summed E-state index contributed by atoms with van der Waals surface area (Å²) in [6.45, 7) is 2.84. The largest absolute Gasteiger partial charge is 1.00 e. The van der Waals surface area contributed by atoms with Gasteiger partial charge in [-0.2, -0.15) is 0 Å². The lowest BCUT2D eigenvalue weighted by atomic mass is 10.2. The monoisotopic (exact) mass is 451 g/mol. The van der Waals surface area contributed by atoms with E-state index in [1.807, 2.05) is 19.2 Å². The Hall–Kier alpha value is -2.41. The van der Waals surface area contributed by atoms with Crippen LogP contribution in [0.4, 0.5) is 10.1 Å². The molecule has 30 heavy (non-hydrogen) atoms. The first-order valence-corrected chi connectivity index (χ1v) is 9.83. The second kappa shape index (κ2) is 10.6. The molecule has 1 heterocycles. The summed E-state index contributed by atoms with van der Waals surface area (Å²) in [6, 6.07) is 13.1. The van der Waals surface area contributed by atoms with Crippen LogP contribution in [0.2, 0.25) is 5.02 Å². The van der Waals surface area contributed by atoms with E-state index in [1.165, 1.54) is 18.2 Å². The van der Waals surface area contributed by atoms with E-state index in [2.05, 4.69) is 5.32 Å². The summed E-state index contributed by atoms with van der Waals surface area (Å²) in [4.78, 5) is 26.6. The molecule has 3 rings (SSSR count). The normalized spacial score (nSPS) is 15.5. The topological polar surface area (TPSA) is 49.4 Å². The number of amides is 2. The van der Waals surface area contributed by atoms with Crippen LogP contribution < -0.4 is 17.7 Å². The van der Waals surface area contributed by atoms with Crippen molar-refractivity contribution in [3.8, 4) is 0 Å². The van der Waals surface area contributed by atoms with Gasteiger partial charge in [0.2, 0.25) is 5.91 Å². The number of nitrogens with one attached hydrogen (secondary N) is 1. The molecule has 1 aliphatic heterocycles. The lowest BCUT2D eigenvalue weighted by molar-refractivity contribution is -0.905. The zero-order valence-corrected chi connectivity index (χ0v) is 18.2. The molecule has 0 radical (unpaired) electrons. The molecule has 0 saturated carbocycles. The van der Waals surface area contributed by atoms with E-state index in [0.717, 1.165) is 5.56 Å². The van der Waals surface area contributed by atoms with Gasteiger partial charge in [-0.05, 0) is 35.9 Å². The standard InChI is InChI=1S/C22H23ClFN3O2.ClH/c1-27(16-21(28)25-20-5-3-2-4-19(20)23)14-12-26(13-15-27)22(29)11-8-17-6-9-18(24)10-7-17;/h2-11H,12-16H2,1H3;1H/b11-8+;. The number of hydrogen-bond acceptors (Lipinski definition) is 2. The number of hydrogen-bond donors (Lipinski definition) is 1. The van der Waals surface area contributed by atoms with Gasteiger partial charge in [0.15, 0.2) is 6.54 Å². The predicted molar refractivity (Wildman–Crippen MR) is 113 cm³/mol. The van der Waals surface area contributed by atoms with Crippen molar-refractivity contribution < 1.29 is 30.9 Å². The highest BCUT2D eigenvalue weighted by molar-refractivity contribution is 6.33. The molecule has 5 nitrogen and oxygen atoms in total. The van der Waals surface area contributed by atoms with Crippen LogP contribution in [0.1, 0.15) is 5.56 Å². The van der Waals surface area contributed by atoms with Crippen LogP contribution in [0.3, 0.4) is 0 Å². The minimum absolute atomic E-state index is 0. The van der Waals surface area contributed by atoms with E-state index in [1.54, 1.807) is 35.2 Å². The zero-order valence-electron chi connectivity index (χ0n) is 16.7. The number of benzene rings is 2. The summed E-state index contributed by atoms with van der Waals surface area (Å²) in [6.07, 6.45) is 3.19. The van der Waals surface area contributed by atoms with E-state index in [4.69, 9.17) is 11.6 Å². The number of para-hydroxylation sites is 1. The first-order chi connectivity index (χ1) is 13.8. The smallest absolute Gasteiger partial charge is 0.279 e. The number of anilines is 1. The molecule has 0 bridgehead atoms. The zero-order chi connectivity index (χ0) is 20.9. The quantitative estimate of drug-likeness (QED) is 0.529. The fraction of sp³-hybridized carbons (Fsp3) is 0.273. The number of likely N-dealkylation sites (N-methyl/N-ethyl adjacent to an activating group) is 1. The third-order valence-electron chi connectivity index (χ3n) is 5.09. The van der Waals surface area contributed by atoms with Gasteiger partial charge in [-0.1, -0.05) is 35.9 Å². The fourth-order valence-electron chi connectivity index (χ4n) is 3.27. The maximum Gasteiger partial charge on any atom is 0.279 e. The molecular formula is C22H24Cl2FN3O2. The summed E-state index contributed by atoms with van der Waals surface area (Å²) in [5, 5.41) is 3.36. The van der Waals surface area contributed by atoms with Gasteiger partial charge in [0, 0.05) is 6.08 Å². The maximum atomic E-state index is 12.9. The first-order valence-electron chi connectivity index (χ1n) is 9.45. The molecule has 0 atom stereocenters. The molecule has 1 N–H and O–H groups in total. The van der Waals surface area contributed by atoms with Crippen molar-refractivity contribution in [1.82, 2.24) is 4.90 Å². The summed E-state index contributed by atoms with van der Waals surface area (Å²) in [5.41, 5.74) is 1.37. The van der Waals surface area contributed by atoms with Gasteiger partial charge >= 0.3 is 0 Å². The molecule has 0 aliphatic carbocycles. The number of nitrogens with zero attached hydrogens (tertiary/aromatic N) is 2. The van der Waals surface area contributed by atoms with E-state index < -0.39 is 0 Å². The fourth-order valence-corrected chi connectivity index (χ4v) is 3.46. The Balaban J connectivity index is 0.00000320. The van der Waals surface area contributed by atoms with Crippen molar-refractivity contribution in [2.75, 3.05) is 45.1 Å². The number of carbonyl (C=O) groups is 2. The lowest BCUT2D eigenvalue weighted by Crippen LogP contribution is -3.00. The Morgan fingerprint density at radius 1 is 1.13 bits per heavy atom. The Kier molecular flexibility index (Phi) is 8.41. The highest BCUT2D eigenvalue weighted by Crippen LogP contribution is 2.21. The molecule has 1 saturated heterocycles. The van der Waals surface area contributed by atoms with Crippen LogP contribution in [0.25, 0.3) is 6.08 Å². The number of halogens is 3. The van der Waals surface area contributed by atoms with Crippen molar-refractivity contribution in [2.45, 2.75) is 0 Å². The van der Waals surface area contributed by atoms with Gasteiger partial charge in [0.05, 0.1) is 43.9 Å².